The van der Waals surface area contributed by atoms with E-state index in [1.165, 1.54) is 0 Å². The molecule has 0 aromatic carbocycles. The fourth-order valence-electron chi connectivity index (χ4n) is 0.767. The fourth-order valence-corrected chi connectivity index (χ4v) is 2.30. The molecule has 0 unspecified atom stereocenters. The van der Waals surface area contributed by atoms with Crippen molar-refractivity contribution in [3.8, 4) is 0 Å². The van der Waals surface area contributed by atoms with Gasteiger partial charge in [0.05, 0.1) is 7.11 Å². The lowest BCUT2D eigenvalue weighted by Crippen LogP contribution is -2.41. The van der Waals surface area contributed by atoms with Crippen molar-refractivity contribution in [1.82, 2.24) is 0 Å². The van der Waals surface area contributed by atoms with Crippen molar-refractivity contribution in [3.63, 3.8) is 0 Å². The second-order valence-corrected chi connectivity index (χ2v) is 5.00. The van der Waals surface area contributed by atoms with Crippen LogP contribution in [0.5, 0.6) is 0 Å². The Balaban J connectivity index is 2.72. The van der Waals surface area contributed by atoms with Crippen LogP contribution in [0.4, 0.5) is 0 Å². The molecule has 1 heterocycles. The fraction of sp³-hybridized carbons (Fsp3) is 1.00. The highest BCUT2D eigenvalue weighted by atomic mass is 31.2. The predicted octanol–water partition coefficient (Wildman–Crippen LogP) is 2.20. The Hall–Kier alpha value is 0.310. The molecule has 3 nitrogen and oxygen atoms in total. The maximum atomic E-state index is 5.57. The average Bonchev–Trinajstić information content (AvgIpc) is 2.03. The van der Waals surface area contributed by atoms with Gasteiger partial charge >= 0.3 is 8.60 Å². The molecule has 1 aliphatic heterocycles. The summed E-state index contributed by atoms with van der Waals surface area (Å²) in [5.41, 5.74) is -0.478. The normalized spacial score (nSPS) is 29.2. The highest BCUT2D eigenvalue weighted by Gasteiger charge is 2.56. The van der Waals surface area contributed by atoms with E-state index in [0.717, 1.165) is 0 Å². The number of rotatable bonds is 1. The van der Waals surface area contributed by atoms with Crippen LogP contribution in [0, 0.1) is 0 Å². The summed E-state index contributed by atoms with van der Waals surface area (Å²) in [6.07, 6.45) is 0. The second-order valence-electron chi connectivity index (χ2n) is 3.68. The van der Waals surface area contributed by atoms with Gasteiger partial charge in [0.2, 0.25) is 0 Å². The molecule has 0 spiro atoms. The summed E-state index contributed by atoms with van der Waals surface area (Å²) in [4.78, 5) is 0. The van der Waals surface area contributed by atoms with E-state index in [1.54, 1.807) is 7.11 Å². The third kappa shape index (κ3) is 1.57. The van der Waals surface area contributed by atoms with Gasteiger partial charge in [0.1, 0.15) is 11.2 Å². The summed E-state index contributed by atoms with van der Waals surface area (Å²) < 4.78 is 16.2. The molecule has 0 bridgehead atoms. The van der Waals surface area contributed by atoms with E-state index in [0.29, 0.717) is 0 Å². The SMILES string of the molecule is CO[PH+]1OC(C)(C)C(C)(C)O1. The Bertz CT molecular complexity index is 140. The van der Waals surface area contributed by atoms with Crippen LogP contribution in [-0.2, 0) is 13.6 Å². The third-order valence-corrected chi connectivity index (χ3v) is 3.98. The van der Waals surface area contributed by atoms with Crippen LogP contribution in [0.15, 0.2) is 0 Å². The van der Waals surface area contributed by atoms with Crippen molar-refractivity contribution in [2.24, 2.45) is 0 Å². The lowest BCUT2D eigenvalue weighted by atomic mass is 9.90. The van der Waals surface area contributed by atoms with Crippen LogP contribution in [-0.4, -0.2) is 18.3 Å². The first-order valence-corrected chi connectivity index (χ1v) is 4.90. The van der Waals surface area contributed by atoms with Crippen molar-refractivity contribution in [1.29, 1.82) is 0 Å². The topological polar surface area (TPSA) is 27.7 Å². The molecule has 0 atom stereocenters. The van der Waals surface area contributed by atoms with Gasteiger partial charge in [-0.05, 0) is 27.7 Å². The molecule has 11 heavy (non-hydrogen) atoms. The molecule has 1 saturated heterocycles. The van der Waals surface area contributed by atoms with E-state index < -0.39 is 8.60 Å². The molecule has 4 heteroatoms. The van der Waals surface area contributed by atoms with Crippen molar-refractivity contribution in [3.05, 3.63) is 0 Å². The summed E-state index contributed by atoms with van der Waals surface area (Å²) in [6, 6.07) is 0. The Morgan fingerprint density at radius 1 is 1.00 bits per heavy atom. The molecule has 1 rings (SSSR count). The smallest absolute Gasteiger partial charge is 0.183 e. The predicted molar refractivity (Wildman–Crippen MR) is 45.7 cm³/mol. The lowest BCUT2D eigenvalue weighted by molar-refractivity contribution is 0.00578. The molecule has 1 aliphatic rings. The Kier molecular flexibility index (Phi) is 2.28. The van der Waals surface area contributed by atoms with Crippen LogP contribution in [0.2, 0.25) is 0 Å². The zero-order valence-corrected chi connectivity index (χ0v) is 8.72. The highest BCUT2D eigenvalue weighted by molar-refractivity contribution is 7.42. The van der Waals surface area contributed by atoms with Gasteiger partial charge in [-0.25, -0.2) is 0 Å². The van der Waals surface area contributed by atoms with Crippen molar-refractivity contribution in [2.75, 3.05) is 7.11 Å². The lowest BCUT2D eigenvalue weighted by Gasteiger charge is -2.24. The zero-order chi connectivity index (χ0) is 8.70. The van der Waals surface area contributed by atoms with E-state index >= 15 is 0 Å². The Morgan fingerprint density at radius 2 is 1.36 bits per heavy atom. The van der Waals surface area contributed by atoms with Gasteiger partial charge in [-0.3, -0.25) is 0 Å². The summed E-state index contributed by atoms with van der Waals surface area (Å²) in [5, 5.41) is 0. The first kappa shape index (κ1) is 9.40. The van der Waals surface area contributed by atoms with E-state index in [4.69, 9.17) is 13.6 Å². The van der Waals surface area contributed by atoms with Gasteiger partial charge in [-0.15, -0.1) is 0 Å². The summed E-state index contributed by atoms with van der Waals surface area (Å²) in [5.74, 6) is 0. The van der Waals surface area contributed by atoms with Crippen LogP contribution >= 0.6 is 8.60 Å². The maximum Gasteiger partial charge on any atom is 0.398 e. The Morgan fingerprint density at radius 3 is 1.55 bits per heavy atom. The van der Waals surface area contributed by atoms with Crippen LogP contribution in [0.1, 0.15) is 27.7 Å². The Labute approximate surface area is 69.0 Å². The zero-order valence-electron chi connectivity index (χ0n) is 7.72. The van der Waals surface area contributed by atoms with Gasteiger partial charge in [0.15, 0.2) is 0 Å². The molecule has 0 amide bonds. The monoisotopic (exact) mass is 179 g/mol. The minimum Gasteiger partial charge on any atom is -0.183 e. The quantitative estimate of drug-likeness (QED) is 0.577. The molecule has 66 valence electrons. The van der Waals surface area contributed by atoms with E-state index in [1.807, 2.05) is 27.7 Å². The number of hydrogen-bond donors (Lipinski definition) is 0. The molecule has 0 aromatic heterocycles. The number of hydrogen-bond acceptors (Lipinski definition) is 3. The molecule has 1 fully saturated rings. The molecule has 0 aliphatic carbocycles. The van der Waals surface area contributed by atoms with Crippen molar-refractivity contribution >= 4 is 8.60 Å². The first-order chi connectivity index (χ1) is 4.89. The molecule has 0 N–H and O–H groups in total. The van der Waals surface area contributed by atoms with Crippen LogP contribution in [0.3, 0.4) is 0 Å². The van der Waals surface area contributed by atoms with Crippen molar-refractivity contribution < 1.29 is 13.6 Å². The minimum atomic E-state index is -1.46. The maximum absolute atomic E-state index is 5.57. The standard InChI is InChI=1S/C7H16O3P/c1-6(2)7(3,4)10-11(8-5)9-6/h11H,1-5H3/q+1. The van der Waals surface area contributed by atoms with Gasteiger partial charge in [0.25, 0.3) is 0 Å². The van der Waals surface area contributed by atoms with Crippen molar-refractivity contribution in [2.45, 2.75) is 38.9 Å². The largest absolute Gasteiger partial charge is 0.398 e. The van der Waals surface area contributed by atoms with Gasteiger partial charge < -0.3 is 0 Å². The second kappa shape index (κ2) is 2.67. The van der Waals surface area contributed by atoms with E-state index in [-0.39, 0.29) is 11.2 Å². The highest BCUT2D eigenvalue weighted by Crippen LogP contribution is 2.57. The summed E-state index contributed by atoms with van der Waals surface area (Å²) in [6.45, 7) is 8.07. The minimum absolute atomic E-state index is 0.239. The third-order valence-electron chi connectivity index (χ3n) is 2.29. The molecular formula is C7H16O3P+. The van der Waals surface area contributed by atoms with Gasteiger partial charge in [0, 0.05) is 0 Å². The van der Waals surface area contributed by atoms with E-state index in [2.05, 4.69) is 0 Å². The molecule has 0 radical (unpaired) electrons. The van der Waals surface area contributed by atoms with E-state index in [9.17, 15) is 0 Å². The molecule has 0 aromatic rings. The van der Waals surface area contributed by atoms with Gasteiger partial charge in [-0.2, -0.15) is 13.6 Å². The van der Waals surface area contributed by atoms with Crippen LogP contribution < -0.4 is 0 Å². The first-order valence-electron chi connectivity index (χ1n) is 3.68. The average molecular weight is 179 g/mol. The summed E-state index contributed by atoms with van der Waals surface area (Å²) >= 11 is 0. The summed E-state index contributed by atoms with van der Waals surface area (Å²) in [7, 11) is 0.152. The molecule has 0 saturated carbocycles. The van der Waals surface area contributed by atoms with Crippen LogP contribution in [0.25, 0.3) is 0 Å². The van der Waals surface area contributed by atoms with Gasteiger partial charge in [-0.1, -0.05) is 0 Å². The molecular weight excluding hydrogens is 163 g/mol.